The van der Waals surface area contributed by atoms with Crippen molar-refractivity contribution in [1.29, 1.82) is 0 Å². The van der Waals surface area contributed by atoms with Gasteiger partial charge in [0.15, 0.2) is 5.96 Å². The highest BCUT2D eigenvalue weighted by atomic mass is 16.3. The fourth-order valence-corrected chi connectivity index (χ4v) is 4.21. The minimum atomic E-state index is -0.144. The summed E-state index contributed by atoms with van der Waals surface area (Å²) in [4.78, 5) is 7.16. The molecule has 3 rings (SSSR count). The number of piperidine rings is 1. The van der Waals surface area contributed by atoms with Gasteiger partial charge in [-0.3, -0.25) is 4.90 Å². The van der Waals surface area contributed by atoms with Crippen molar-refractivity contribution in [3.8, 4) is 0 Å². The zero-order chi connectivity index (χ0) is 19.8. The molecule has 1 aromatic heterocycles. The first kappa shape index (κ1) is 20.9. The van der Waals surface area contributed by atoms with Gasteiger partial charge in [-0.15, -0.1) is 0 Å². The Kier molecular flexibility index (Phi) is 7.98. The standard InChI is InChI=1S/C22H36N4O2/c1-17(2)16-24-22(23-12-9-19-6-5-15-28-19)25-18-10-13-26(14-11-18)20-7-3-4-8-21(20)27/h5-6,15,18,20-21,27H,1,3-4,7-14,16H2,2H3,(H2,23,24,25). The Hall–Kier alpha value is -1.79. The lowest BCUT2D eigenvalue weighted by Crippen LogP contribution is -2.53. The molecule has 1 saturated heterocycles. The number of furan rings is 1. The lowest BCUT2D eigenvalue weighted by molar-refractivity contribution is 0.00810. The summed E-state index contributed by atoms with van der Waals surface area (Å²) in [7, 11) is 0. The summed E-state index contributed by atoms with van der Waals surface area (Å²) in [5.74, 6) is 1.83. The minimum absolute atomic E-state index is 0.144. The molecule has 0 bridgehead atoms. The number of rotatable bonds is 7. The van der Waals surface area contributed by atoms with E-state index in [2.05, 4.69) is 27.1 Å². The van der Waals surface area contributed by atoms with Crippen molar-refractivity contribution < 1.29 is 9.52 Å². The average molecular weight is 389 g/mol. The van der Waals surface area contributed by atoms with Gasteiger partial charge in [0.2, 0.25) is 0 Å². The van der Waals surface area contributed by atoms with E-state index in [4.69, 9.17) is 4.42 Å². The van der Waals surface area contributed by atoms with Crippen LogP contribution >= 0.6 is 0 Å². The molecule has 3 N–H and O–H groups in total. The third kappa shape index (κ3) is 6.38. The molecule has 2 unspecified atom stereocenters. The molecule has 1 aliphatic heterocycles. The number of aliphatic imine (C=N–C) groups is 1. The highest BCUT2D eigenvalue weighted by Gasteiger charge is 2.31. The van der Waals surface area contributed by atoms with E-state index in [1.165, 1.54) is 12.8 Å². The molecule has 0 aromatic carbocycles. The summed E-state index contributed by atoms with van der Waals surface area (Å²) in [6.45, 7) is 9.44. The zero-order valence-corrected chi connectivity index (χ0v) is 17.2. The van der Waals surface area contributed by atoms with E-state index in [0.717, 1.165) is 69.0 Å². The number of hydrogen-bond donors (Lipinski definition) is 3. The van der Waals surface area contributed by atoms with Crippen LogP contribution < -0.4 is 10.6 Å². The number of hydrogen-bond acceptors (Lipinski definition) is 4. The molecule has 2 atom stereocenters. The van der Waals surface area contributed by atoms with Crippen LogP contribution in [0.15, 0.2) is 40.0 Å². The van der Waals surface area contributed by atoms with Gasteiger partial charge in [0, 0.05) is 38.1 Å². The van der Waals surface area contributed by atoms with Crippen LogP contribution in [0, 0.1) is 0 Å². The molecule has 6 nitrogen and oxygen atoms in total. The van der Waals surface area contributed by atoms with Crippen molar-refractivity contribution in [3.63, 3.8) is 0 Å². The molecule has 6 heteroatoms. The van der Waals surface area contributed by atoms with Gasteiger partial charge >= 0.3 is 0 Å². The maximum atomic E-state index is 10.3. The number of guanidine groups is 1. The van der Waals surface area contributed by atoms with Crippen molar-refractivity contribution >= 4 is 5.96 Å². The number of aliphatic hydroxyl groups is 1. The summed E-state index contributed by atoms with van der Waals surface area (Å²) in [5.41, 5.74) is 1.05. The molecule has 156 valence electrons. The lowest BCUT2D eigenvalue weighted by atomic mass is 9.89. The normalized spacial score (nSPS) is 24.9. The quantitative estimate of drug-likeness (QED) is 0.381. The molecule has 2 fully saturated rings. The fraction of sp³-hybridized carbons (Fsp3) is 0.682. The molecule has 2 heterocycles. The van der Waals surface area contributed by atoms with Crippen LogP contribution in [0.2, 0.25) is 0 Å². The van der Waals surface area contributed by atoms with Gasteiger partial charge in [-0.1, -0.05) is 25.0 Å². The van der Waals surface area contributed by atoms with Gasteiger partial charge < -0.3 is 20.2 Å². The highest BCUT2D eigenvalue weighted by Crippen LogP contribution is 2.25. The Labute approximate surface area is 169 Å². The maximum Gasteiger partial charge on any atom is 0.191 e. The first-order valence-electron chi connectivity index (χ1n) is 10.8. The van der Waals surface area contributed by atoms with E-state index in [1.54, 1.807) is 6.26 Å². The summed E-state index contributed by atoms with van der Waals surface area (Å²) in [6.07, 6.45) is 9.07. The lowest BCUT2D eigenvalue weighted by Gasteiger charge is -2.41. The zero-order valence-electron chi connectivity index (χ0n) is 17.2. The Morgan fingerprint density at radius 1 is 1.29 bits per heavy atom. The van der Waals surface area contributed by atoms with E-state index < -0.39 is 0 Å². The largest absolute Gasteiger partial charge is 0.469 e. The van der Waals surface area contributed by atoms with E-state index in [1.807, 2.05) is 19.1 Å². The fourth-order valence-electron chi connectivity index (χ4n) is 4.21. The van der Waals surface area contributed by atoms with Crippen LogP contribution in [0.3, 0.4) is 0 Å². The third-order valence-corrected chi connectivity index (χ3v) is 5.78. The SMILES string of the molecule is C=C(C)CN=C(NCCc1ccco1)NC1CCN(C2CCCCC2O)CC1. The second-order valence-corrected chi connectivity index (χ2v) is 8.25. The smallest absolute Gasteiger partial charge is 0.191 e. The molecular weight excluding hydrogens is 352 g/mol. The molecule has 28 heavy (non-hydrogen) atoms. The Bertz CT molecular complexity index is 620. The van der Waals surface area contributed by atoms with E-state index in [0.29, 0.717) is 18.6 Å². The number of likely N-dealkylation sites (tertiary alicyclic amines) is 1. The first-order chi connectivity index (χ1) is 13.6. The Morgan fingerprint density at radius 2 is 2.07 bits per heavy atom. The van der Waals surface area contributed by atoms with Gasteiger partial charge in [0.05, 0.1) is 18.9 Å². The third-order valence-electron chi connectivity index (χ3n) is 5.78. The molecule has 0 radical (unpaired) electrons. The second-order valence-electron chi connectivity index (χ2n) is 8.25. The molecule has 1 aromatic rings. The molecule has 1 saturated carbocycles. The van der Waals surface area contributed by atoms with Crippen molar-refractivity contribution in [3.05, 3.63) is 36.3 Å². The minimum Gasteiger partial charge on any atom is -0.469 e. The van der Waals surface area contributed by atoms with E-state index >= 15 is 0 Å². The van der Waals surface area contributed by atoms with Crippen LogP contribution in [0.25, 0.3) is 0 Å². The predicted octanol–water partition coefficient (Wildman–Crippen LogP) is 2.70. The summed E-state index contributed by atoms with van der Waals surface area (Å²) in [5, 5.41) is 17.4. The van der Waals surface area contributed by atoms with Crippen molar-refractivity contribution in [2.24, 2.45) is 4.99 Å². The monoisotopic (exact) mass is 388 g/mol. The van der Waals surface area contributed by atoms with Crippen LogP contribution in [0.4, 0.5) is 0 Å². The molecular formula is C22H36N4O2. The van der Waals surface area contributed by atoms with Crippen LogP contribution in [0.5, 0.6) is 0 Å². The van der Waals surface area contributed by atoms with Gasteiger partial charge in [0.25, 0.3) is 0 Å². The van der Waals surface area contributed by atoms with Crippen molar-refractivity contribution in [1.82, 2.24) is 15.5 Å². The second kappa shape index (κ2) is 10.7. The average Bonchev–Trinajstić information content (AvgIpc) is 3.20. The van der Waals surface area contributed by atoms with Crippen LogP contribution in [0.1, 0.15) is 51.2 Å². The summed E-state index contributed by atoms with van der Waals surface area (Å²) < 4.78 is 5.40. The number of nitrogens with zero attached hydrogens (tertiary/aromatic N) is 2. The van der Waals surface area contributed by atoms with Gasteiger partial charge in [-0.05, 0) is 44.7 Å². The van der Waals surface area contributed by atoms with Gasteiger partial charge in [0.1, 0.15) is 5.76 Å². The maximum absolute atomic E-state index is 10.3. The number of aliphatic hydroxyl groups excluding tert-OH is 1. The first-order valence-corrected chi connectivity index (χ1v) is 10.8. The highest BCUT2D eigenvalue weighted by molar-refractivity contribution is 5.80. The molecule has 0 spiro atoms. The van der Waals surface area contributed by atoms with Crippen molar-refractivity contribution in [2.45, 2.75) is 70.1 Å². The molecule has 1 aliphatic carbocycles. The van der Waals surface area contributed by atoms with E-state index in [-0.39, 0.29) is 6.10 Å². The molecule has 2 aliphatic rings. The van der Waals surface area contributed by atoms with Gasteiger partial charge in [-0.25, -0.2) is 4.99 Å². The number of nitrogens with one attached hydrogen (secondary N) is 2. The van der Waals surface area contributed by atoms with Crippen LogP contribution in [-0.4, -0.2) is 60.3 Å². The predicted molar refractivity (Wildman–Crippen MR) is 114 cm³/mol. The topological polar surface area (TPSA) is 73.0 Å². The molecule has 0 amide bonds. The van der Waals surface area contributed by atoms with Crippen LogP contribution in [-0.2, 0) is 6.42 Å². The van der Waals surface area contributed by atoms with Crippen molar-refractivity contribution in [2.75, 3.05) is 26.2 Å². The summed E-state index contributed by atoms with van der Waals surface area (Å²) >= 11 is 0. The summed E-state index contributed by atoms with van der Waals surface area (Å²) in [6, 6.07) is 4.69. The Morgan fingerprint density at radius 3 is 2.75 bits per heavy atom. The van der Waals surface area contributed by atoms with E-state index in [9.17, 15) is 5.11 Å². The Balaban J connectivity index is 1.46. The van der Waals surface area contributed by atoms with Gasteiger partial charge in [-0.2, -0.15) is 0 Å².